The van der Waals surface area contributed by atoms with Gasteiger partial charge >= 0.3 is 0 Å². The number of nitrogens with zero attached hydrogens (tertiary/aromatic N) is 4. The Morgan fingerprint density at radius 1 is 1.03 bits per heavy atom. The Bertz CT molecular complexity index is 1400. The number of hydrogen-bond acceptors (Lipinski definition) is 4. The summed E-state index contributed by atoms with van der Waals surface area (Å²) in [5, 5.41) is 7.22. The summed E-state index contributed by atoms with van der Waals surface area (Å²) in [4.78, 5) is 20.0. The van der Waals surface area contributed by atoms with Crippen molar-refractivity contribution in [3.05, 3.63) is 77.8 Å². The molecule has 0 aliphatic carbocycles. The van der Waals surface area contributed by atoms with E-state index in [0.717, 1.165) is 38.6 Å². The lowest BCUT2D eigenvalue weighted by Crippen LogP contribution is -2.20. The van der Waals surface area contributed by atoms with E-state index in [1.54, 1.807) is 37.3 Å². The molecule has 0 spiro atoms. The molecule has 5 aromatic rings. The molecule has 0 aliphatic heterocycles. The first kappa shape index (κ1) is 19.2. The summed E-state index contributed by atoms with van der Waals surface area (Å²) in [5.74, 6) is -0.301. The number of thiophene rings is 1. The molecule has 0 bridgehead atoms. The van der Waals surface area contributed by atoms with Gasteiger partial charge in [0.1, 0.15) is 11.5 Å². The Hall–Kier alpha value is -3.78. The molecule has 0 saturated carbocycles. The highest BCUT2D eigenvalue weighted by Gasteiger charge is 2.16. The van der Waals surface area contributed by atoms with Crippen molar-refractivity contribution in [3.63, 3.8) is 0 Å². The fourth-order valence-electron chi connectivity index (χ4n) is 3.47. The molecular weight excluding hydrogens is 413 g/mol. The van der Waals surface area contributed by atoms with Crippen LogP contribution in [-0.4, -0.2) is 44.5 Å². The molecule has 4 heterocycles. The summed E-state index contributed by atoms with van der Waals surface area (Å²) in [6.45, 7) is 0. The molecule has 8 heteroatoms. The predicted molar refractivity (Wildman–Crippen MR) is 119 cm³/mol. The Kier molecular flexibility index (Phi) is 4.63. The SMILES string of the molecule is CN(C)C(=O)c1ccc(-c2cnc3ccc(-c4cn[nH]c4-c4ccc(F)cc4)cn23)s1. The van der Waals surface area contributed by atoms with Gasteiger partial charge in [0.25, 0.3) is 5.91 Å². The fourth-order valence-corrected chi connectivity index (χ4v) is 4.51. The molecule has 0 radical (unpaired) electrons. The maximum Gasteiger partial charge on any atom is 0.263 e. The lowest BCUT2D eigenvalue weighted by Gasteiger charge is -2.07. The number of pyridine rings is 1. The van der Waals surface area contributed by atoms with Crippen LogP contribution >= 0.6 is 11.3 Å². The number of amides is 1. The quantitative estimate of drug-likeness (QED) is 0.437. The molecule has 4 aromatic heterocycles. The van der Waals surface area contributed by atoms with E-state index in [1.165, 1.54) is 23.5 Å². The molecule has 0 unspecified atom stereocenters. The van der Waals surface area contributed by atoms with Gasteiger partial charge in [-0.3, -0.25) is 14.3 Å². The number of imidazole rings is 1. The number of halogens is 1. The maximum absolute atomic E-state index is 13.3. The predicted octanol–water partition coefficient (Wildman–Crippen LogP) is 4.96. The van der Waals surface area contributed by atoms with Crippen molar-refractivity contribution in [2.45, 2.75) is 0 Å². The average Bonchev–Trinajstić information content (AvgIpc) is 3.51. The first-order valence-corrected chi connectivity index (χ1v) is 10.4. The summed E-state index contributed by atoms with van der Waals surface area (Å²) in [7, 11) is 3.48. The topological polar surface area (TPSA) is 66.3 Å². The molecule has 0 saturated heterocycles. The standard InChI is InChI=1S/C23H18FN5OS/c1-28(2)23(30)20-9-8-19(31-20)18-12-25-21-10-5-15(13-29(18)21)17-11-26-27-22(17)14-3-6-16(24)7-4-14/h3-13H,1-2H3,(H,26,27). The molecule has 0 atom stereocenters. The number of nitrogens with one attached hydrogen (secondary N) is 1. The minimum atomic E-state index is -0.280. The Balaban J connectivity index is 1.58. The zero-order valence-corrected chi connectivity index (χ0v) is 17.7. The van der Waals surface area contributed by atoms with Gasteiger partial charge in [0, 0.05) is 37.0 Å². The monoisotopic (exact) mass is 431 g/mol. The molecule has 1 aromatic carbocycles. The normalized spacial score (nSPS) is 11.2. The molecule has 5 rings (SSSR count). The van der Waals surface area contributed by atoms with Crippen LogP contribution in [-0.2, 0) is 0 Å². The highest BCUT2D eigenvalue weighted by molar-refractivity contribution is 7.17. The number of benzene rings is 1. The number of rotatable bonds is 4. The Morgan fingerprint density at radius 3 is 2.58 bits per heavy atom. The van der Waals surface area contributed by atoms with Gasteiger partial charge in [0.2, 0.25) is 0 Å². The van der Waals surface area contributed by atoms with Crippen LogP contribution in [0.3, 0.4) is 0 Å². The number of aromatic nitrogens is 4. The van der Waals surface area contributed by atoms with E-state index in [-0.39, 0.29) is 11.7 Å². The van der Waals surface area contributed by atoms with Crippen LogP contribution in [0.5, 0.6) is 0 Å². The molecule has 0 fully saturated rings. The summed E-state index contributed by atoms with van der Waals surface area (Å²) in [5.41, 5.74) is 5.23. The number of carbonyl (C=O) groups excluding carboxylic acids is 1. The van der Waals surface area contributed by atoms with Crippen molar-refractivity contribution in [1.82, 2.24) is 24.5 Å². The highest BCUT2D eigenvalue weighted by Crippen LogP contribution is 2.33. The summed E-state index contributed by atoms with van der Waals surface area (Å²) < 4.78 is 15.3. The molecule has 154 valence electrons. The summed E-state index contributed by atoms with van der Waals surface area (Å²) >= 11 is 1.44. The van der Waals surface area contributed by atoms with E-state index < -0.39 is 0 Å². The van der Waals surface area contributed by atoms with E-state index in [2.05, 4.69) is 15.2 Å². The summed E-state index contributed by atoms with van der Waals surface area (Å²) in [6, 6.07) is 14.0. The average molecular weight is 431 g/mol. The Morgan fingerprint density at radius 2 is 1.81 bits per heavy atom. The van der Waals surface area contributed by atoms with Crippen LogP contribution in [0.1, 0.15) is 9.67 Å². The zero-order chi connectivity index (χ0) is 21.5. The third-order valence-corrected chi connectivity index (χ3v) is 6.16. The minimum Gasteiger partial charge on any atom is -0.344 e. The van der Waals surface area contributed by atoms with Gasteiger partial charge in [-0.15, -0.1) is 11.3 Å². The molecule has 0 aliphatic rings. The van der Waals surface area contributed by atoms with Crippen molar-refractivity contribution < 1.29 is 9.18 Å². The van der Waals surface area contributed by atoms with E-state index in [4.69, 9.17) is 0 Å². The van der Waals surface area contributed by atoms with Crippen LogP contribution in [0.15, 0.2) is 67.1 Å². The molecular formula is C23H18FN5OS. The van der Waals surface area contributed by atoms with Gasteiger partial charge in [-0.2, -0.15) is 5.10 Å². The number of hydrogen-bond donors (Lipinski definition) is 1. The third-order valence-electron chi connectivity index (χ3n) is 5.06. The third kappa shape index (κ3) is 3.40. The largest absolute Gasteiger partial charge is 0.344 e. The van der Waals surface area contributed by atoms with E-state index in [1.807, 2.05) is 41.1 Å². The van der Waals surface area contributed by atoms with E-state index in [9.17, 15) is 9.18 Å². The van der Waals surface area contributed by atoms with E-state index >= 15 is 0 Å². The number of carbonyl (C=O) groups is 1. The first-order chi connectivity index (χ1) is 15.0. The van der Waals surface area contributed by atoms with Crippen LogP contribution in [0.25, 0.3) is 38.6 Å². The van der Waals surface area contributed by atoms with Crippen LogP contribution < -0.4 is 0 Å². The molecule has 1 amide bonds. The fraction of sp³-hybridized carbons (Fsp3) is 0.0870. The number of fused-ring (bicyclic) bond motifs is 1. The second kappa shape index (κ2) is 7.48. The first-order valence-electron chi connectivity index (χ1n) is 9.60. The lowest BCUT2D eigenvalue weighted by molar-refractivity contribution is 0.0832. The second-order valence-corrected chi connectivity index (χ2v) is 8.40. The van der Waals surface area contributed by atoms with Crippen molar-refractivity contribution in [2.24, 2.45) is 0 Å². The zero-order valence-electron chi connectivity index (χ0n) is 16.8. The van der Waals surface area contributed by atoms with Crippen molar-refractivity contribution in [2.75, 3.05) is 14.1 Å². The van der Waals surface area contributed by atoms with Gasteiger partial charge < -0.3 is 4.90 Å². The minimum absolute atomic E-state index is 0.0203. The van der Waals surface area contributed by atoms with E-state index in [0.29, 0.717) is 4.88 Å². The maximum atomic E-state index is 13.3. The van der Waals surface area contributed by atoms with Crippen LogP contribution in [0.4, 0.5) is 4.39 Å². The lowest BCUT2D eigenvalue weighted by atomic mass is 10.0. The van der Waals surface area contributed by atoms with Gasteiger partial charge in [-0.05, 0) is 48.5 Å². The Labute approximate surface area is 181 Å². The van der Waals surface area contributed by atoms with Gasteiger partial charge in [0.15, 0.2) is 0 Å². The number of aromatic amines is 1. The van der Waals surface area contributed by atoms with Crippen molar-refractivity contribution >= 4 is 22.9 Å². The molecule has 1 N–H and O–H groups in total. The van der Waals surface area contributed by atoms with Crippen LogP contribution in [0, 0.1) is 5.82 Å². The van der Waals surface area contributed by atoms with Gasteiger partial charge in [-0.25, -0.2) is 9.37 Å². The molecule has 31 heavy (non-hydrogen) atoms. The van der Waals surface area contributed by atoms with Crippen molar-refractivity contribution in [3.8, 4) is 33.0 Å². The van der Waals surface area contributed by atoms with Crippen LogP contribution in [0.2, 0.25) is 0 Å². The molecule has 6 nitrogen and oxygen atoms in total. The van der Waals surface area contributed by atoms with Gasteiger partial charge in [0.05, 0.1) is 33.5 Å². The van der Waals surface area contributed by atoms with Gasteiger partial charge in [-0.1, -0.05) is 0 Å². The second-order valence-electron chi connectivity index (χ2n) is 7.32. The smallest absolute Gasteiger partial charge is 0.263 e. The number of H-pyrrole nitrogens is 1. The van der Waals surface area contributed by atoms with Crippen molar-refractivity contribution in [1.29, 1.82) is 0 Å². The highest BCUT2D eigenvalue weighted by atomic mass is 32.1. The summed E-state index contributed by atoms with van der Waals surface area (Å²) in [6.07, 6.45) is 5.57.